The number of benzene rings is 4. The highest BCUT2D eigenvalue weighted by Crippen LogP contribution is 2.43. The van der Waals surface area contributed by atoms with Crippen molar-refractivity contribution in [1.29, 1.82) is 0 Å². The fraction of sp³-hybridized carbons (Fsp3) is 0.412. The maximum Gasteiger partial charge on any atom is 0.416 e. The van der Waals surface area contributed by atoms with Crippen LogP contribution in [0.15, 0.2) is 124 Å². The van der Waals surface area contributed by atoms with Crippen LogP contribution in [0.2, 0.25) is 0 Å². The molecule has 4 aromatic carbocycles. The van der Waals surface area contributed by atoms with Gasteiger partial charge in [0, 0.05) is 6.54 Å². The van der Waals surface area contributed by atoms with Crippen molar-refractivity contribution in [2.24, 2.45) is 5.16 Å². The largest absolute Gasteiger partial charge is 0.416 e. The average Bonchev–Trinajstić information content (AvgIpc) is 4.10. The average molecular weight is 1110 g/mol. The van der Waals surface area contributed by atoms with Crippen LogP contribution in [-0.4, -0.2) is 67.3 Å². The van der Waals surface area contributed by atoms with E-state index < -0.39 is 92.8 Å². The van der Waals surface area contributed by atoms with Crippen molar-refractivity contribution in [2.45, 2.75) is 106 Å². The molecule has 0 aliphatic carbocycles. The van der Waals surface area contributed by atoms with Gasteiger partial charge >= 0.3 is 41.7 Å². The molecule has 420 valence electrons. The molecule has 2 fully saturated rings. The maximum atomic E-state index is 13.4. The minimum atomic E-state index is -4.98. The topological polar surface area (TPSA) is 181 Å². The Kier molecular flexibility index (Phi) is 17.7. The first kappa shape index (κ1) is 60.0. The predicted molar refractivity (Wildman–Crippen MR) is 258 cm³/mol. The summed E-state index contributed by atoms with van der Waals surface area (Å²) in [6.07, 6.45) is -17.4. The zero-order valence-electron chi connectivity index (χ0n) is 40.6. The molecule has 0 radical (unpaired) electrons. The van der Waals surface area contributed by atoms with Crippen molar-refractivity contribution < 1.29 is 67.4 Å². The van der Waals surface area contributed by atoms with Crippen molar-refractivity contribution in [3.63, 3.8) is 0 Å². The van der Waals surface area contributed by atoms with Gasteiger partial charge in [0.1, 0.15) is 18.2 Å². The van der Waals surface area contributed by atoms with Crippen LogP contribution in [-0.2, 0) is 56.5 Å². The molecule has 2 saturated heterocycles. The number of nitrogens with one attached hydrogen (secondary N) is 4. The van der Waals surface area contributed by atoms with Gasteiger partial charge in [0.2, 0.25) is 0 Å². The van der Waals surface area contributed by atoms with Crippen LogP contribution >= 0.6 is 0 Å². The van der Waals surface area contributed by atoms with E-state index in [9.17, 15) is 67.5 Å². The summed E-state index contributed by atoms with van der Waals surface area (Å²) < 4.78 is 175. The summed E-state index contributed by atoms with van der Waals surface area (Å²) in [5.41, 5.74) is -10.0. The highest BCUT2D eigenvalue weighted by atomic mass is 19.4. The second-order valence-corrected chi connectivity index (χ2v) is 18.7. The fourth-order valence-electron chi connectivity index (χ4n) is 9.35. The molecule has 6 atom stereocenters. The van der Waals surface area contributed by atoms with Crippen LogP contribution in [0.4, 0.5) is 52.7 Å². The SMILES string of the molecule is C.C[C@@H](OC[C@@]1(c2ccccc2)CC[C@@](/C=N/O)(n2cn[nH]c2=O)CN1)c1cc(C(F)(F)F)cc(C(F)(F)F)c1.[C-]#[N+][C@@]1(n2cn[nH]c2=O)CC[C@@](CO[C@H](C)c2cc(C(F)(F)F)cc(C(F)(F)F)c2)(c2ccccc2)NC1. The van der Waals surface area contributed by atoms with Gasteiger partial charge in [0.05, 0.1) is 77.9 Å². The summed E-state index contributed by atoms with van der Waals surface area (Å²) in [4.78, 5) is 28.1. The Balaban J connectivity index is 0.000000249. The molecule has 6 aromatic rings. The number of ether oxygens (including phenoxy) is 2. The zero-order chi connectivity index (χ0) is 56.2. The van der Waals surface area contributed by atoms with E-state index in [1.807, 2.05) is 24.3 Å². The van der Waals surface area contributed by atoms with Crippen molar-refractivity contribution in [1.82, 2.24) is 40.2 Å². The normalized spacial score (nSPS) is 22.9. The second kappa shape index (κ2) is 23.0. The minimum absolute atomic E-state index is 0. The third-order valence-corrected chi connectivity index (χ3v) is 13.9. The molecular formula is C51H52F12N10O5. The molecular weight excluding hydrogens is 1060 g/mol. The number of oxime groups is 1. The summed E-state index contributed by atoms with van der Waals surface area (Å²) in [7, 11) is 0. The molecule has 8 rings (SSSR count). The molecule has 0 amide bonds. The molecule has 2 aliphatic rings. The van der Waals surface area contributed by atoms with Crippen molar-refractivity contribution in [3.8, 4) is 0 Å². The van der Waals surface area contributed by atoms with E-state index in [4.69, 9.17) is 16.0 Å². The molecule has 15 nitrogen and oxygen atoms in total. The van der Waals surface area contributed by atoms with E-state index in [-0.39, 0.29) is 76.3 Å². The number of nitrogens with zero attached hydrogens (tertiary/aromatic N) is 6. The summed E-state index contributed by atoms with van der Waals surface area (Å²) in [5, 5.41) is 31.0. The fourth-order valence-corrected chi connectivity index (χ4v) is 9.35. The lowest BCUT2D eigenvalue weighted by Crippen LogP contribution is -2.60. The van der Waals surface area contributed by atoms with Gasteiger partial charge in [-0.05, 0) is 91.8 Å². The second-order valence-electron chi connectivity index (χ2n) is 18.7. The summed E-state index contributed by atoms with van der Waals surface area (Å²) >= 11 is 0. The Morgan fingerprint density at radius 3 is 1.32 bits per heavy atom. The van der Waals surface area contributed by atoms with Gasteiger partial charge in [-0.2, -0.15) is 62.9 Å². The lowest BCUT2D eigenvalue weighted by Gasteiger charge is -2.46. The number of aromatic nitrogens is 6. The lowest BCUT2D eigenvalue weighted by atomic mass is 9.76. The highest BCUT2D eigenvalue weighted by Gasteiger charge is 2.51. The summed E-state index contributed by atoms with van der Waals surface area (Å²) in [5.74, 6) is 0. The molecule has 78 heavy (non-hydrogen) atoms. The molecule has 2 aliphatic heterocycles. The standard InChI is InChI=1S/C25H25F6N5O3.C25H23F6N5O2.CH4/c1-16(17-9-19(24(26,27)28)11-20(10-17)25(29,30)31)39-14-23(18-5-3-2-4-6-18)8-7-22(12-32-23,13-34-38)36-15-33-35-21(36)37;1-16(17-10-19(24(26,27)28)12-20(11-17)25(29,30)31)38-14-22(18-6-4-3-5-7-18)8-9-23(32-2,13-33-22)36-15-34-35-21(36)37;/h2-6,9-11,13,15-16,32,38H,7-8,12,14H2,1H3,(H,35,37);3-7,10-12,15-16,33H,8-9,13-14H2,1H3,(H,35,37);1H4/b34-13+;;/t2*16-,22-,23-;/m11./s1. The Bertz CT molecular complexity index is 3080. The summed E-state index contributed by atoms with van der Waals surface area (Å²) in [6.45, 7) is 10.4. The van der Waals surface area contributed by atoms with Gasteiger partial charge in [-0.25, -0.2) is 30.9 Å². The first-order chi connectivity index (χ1) is 36.1. The molecule has 5 N–H and O–H groups in total. The van der Waals surface area contributed by atoms with Gasteiger partial charge in [-0.15, -0.1) is 0 Å². The Hall–Kier alpha value is -7.28. The molecule has 0 saturated carbocycles. The molecule has 0 spiro atoms. The predicted octanol–water partition coefficient (Wildman–Crippen LogP) is 10.7. The van der Waals surface area contributed by atoms with Crippen LogP contribution < -0.4 is 22.0 Å². The zero-order valence-corrected chi connectivity index (χ0v) is 40.6. The van der Waals surface area contributed by atoms with E-state index in [0.717, 1.165) is 11.1 Å². The number of hydrogen-bond acceptors (Lipinski definition) is 10. The molecule has 0 bridgehead atoms. The Morgan fingerprint density at radius 1 is 0.628 bits per heavy atom. The van der Waals surface area contributed by atoms with Crippen LogP contribution in [0.3, 0.4) is 0 Å². The molecule has 4 heterocycles. The monoisotopic (exact) mass is 1110 g/mol. The third kappa shape index (κ3) is 13.0. The Labute approximate surface area is 437 Å². The van der Waals surface area contributed by atoms with E-state index in [2.05, 4.69) is 41.0 Å². The van der Waals surface area contributed by atoms with Crippen molar-refractivity contribution in [3.05, 3.63) is 187 Å². The van der Waals surface area contributed by atoms with Crippen LogP contribution in [0.1, 0.15) is 104 Å². The molecule has 0 unspecified atom stereocenters. The number of piperidine rings is 2. The number of halogens is 12. The number of alkyl halides is 12. The van der Waals surface area contributed by atoms with Gasteiger partial charge in [0.25, 0.3) is 0 Å². The van der Waals surface area contributed by atoms with Crippen molar-refractivity contribution in [2.75, 3.05) is 26.3 Å². The lowest BCUT2D eigenvalue weighted by molar-refractivity contribution is -0.145. The van der Waals surface area contributed by atoms with Crippen LogP contribution in [0.25, 0.3) is 4.85 Å². The van der Waals surface area contributed by atoms with Crippen molar-refractivity contribution >= 4 is 6.21 Å². The number of aromatic amines is 2. The quantitative estimate of drug-likeness (QED) is 0.0247. The van der Waals surface area contributed by atoms with Gasteiger partial charge in [0.15, 0.2) is 0 Å². The maximum absolute atomic E-state index is 13.4. The first-order valence-electron chi connectivity index (χ1n) is 23.3. The van der Waals surface area contributed by atoms with E-state index >= 15 is 0 Å². The van der Waals surface area contributed by atoms with Gasteiger partial charge in [-0.1, -0.05) is 73.2 Å². The number of rotatable bonds is 13. The minimum Gasteiger partial charge on any atom is -0.411 e. The van der Waals surface area contributed by atoms with Crippen LogP contribution in [0.5, 0.6) is 0 Å². The van der Waals surface area contributed by atoms with E-state index in [0.29, 0.717) is 30.7 Å². The summed E-state index contributed by atoms with van der Waals surface area (Å²) in [6, 6.07) is 20.7. The number of hydrogen-bond donors (Lipinski definition) is 5. The van der Waals surface area contributed by atoms with E-state index in [1.54, 1.807) is 36.4 Å². The van der Waals surface area contributed by atoms with Gasteiger partial charge in [-0.3, -0.25) is 14.7 Å². The van der Waals surface area contributed by atoms with Gasteiger partial charge < -0.3 is 20.0 Å². The molecule has 27 heteroatoms. The molecule has 2 aromatic heterocycles. The van der Waals surface area contributed by atoms with Crippen LogP contribution in [0, 0.1) is 6.57 Å². The first-order valence-corrected chi connectivity index (χ1v) is 23.3. The Morgan fingerprint density at radius 2 is 1.01 bits per heavy atom. The smallest absolute Gasteiger partial charge is 0.411 e. The van der Waals surface area contributed by atoms with E-state index in [1.165, 1.54) is 41.9 Å². The highest BCUT2D eigenvalue weighted by molar-refractivity contribution is 5.68. The third-order valence-electron chi connectivity index (χ3n) is 13.9. The number of H-pyrrole nitrogens is 2.